The van der Waals surface area contributed by atoms with Crippen molar-refractivity contribution in [3.05, 3.63) is 39.2 Å². The van der Waals surface area contributed by atoms with Crippen molar-refractivity contribution in [3.63, 3.8) is 0 Å². The van der Waals surface area contributed by atoms with Gasteiger partial charge >= 0.3 is 6.09 Å². The largest absolute Gasteiger partial charge is 0.495 e. The van der Waals surface area contributed by atoms with Crippen molar-refractivity contribution in [1.29, 1.82) is 5.26 Å². The number of fused-ring (bicyclic) bond motifs is 3. The first kappa shape index (κ1) is 20.3. The zero-order chi connectivity index (χ0) is 20.4. The molecule has 0 bridgehead atoms. The second-order valence-corrected chi connectivity index (χ2v) is 6.96. The number of nitriles is 1. The Labute approximate surface area is 158 Å². The highest BCUT2D eigenvalue weighted by molar-refractivity contribution is 5.87. The maximum absolute atomic E-state index is 12.4. The molecule has 1 aromatic carbocycles. The summed E-state index contributed by atoms with van der Waals surface area (Å²) < 4.78 is 10.6. The van der Waals surface area contributed by atoms with Crippen LogP contribution in [0, 0.1) is 11.3 Å². The molecule has 1 N–H and O–H groups in total. The van der Waals surface area contributed by atoms with E-state index in [0.29, 0.717) is 22.4 Å². The second kappa shape index (κ2) is 7.70. The van der Waals surface area contributed by atoms with Crippen molar-refractivity contribution in [2.45, 2.75) is 53.3 Å². The zero-order valence-electron chi connectivity index (χ0n) is 16.6. The van der Waals surface area contributed by atoms with E-state index in [1.807, 2.05) is 19.9 Å². The number of hydrogen-bond acceptors (Lipinski definition) is 5. The van der Waals surface area contributed by atoms with E-state index in [0.717, 1.165) is 10.9 Å². The molecule has 2 aromatic rings. The van der Waals surface area contributed by atoms with Gasteiger partial charge in [0.25, 0.3) is 5.56 Å². The molecule has 0 unspecified atom stereocenters. The Kier molecular flexibility index (Phi) is 5.79. The van der Waals surface area contributed by atoms with Gasteiger partial charge in [-0.15, -0.1) is 0 Å². The number of methoxy groups -OCH3 is 1. The van der Waals surface area contributed by atoms with Gasteiger partial charge in [0.1, 0.15) is 17.4 Å². The highest BCUT2D eigenvalue weighted by atomic mass is 16.6. The van der Waals surface area contributed by atoms with Crippen LogP contribution in [0.2, 0.25) is 0 Å². The van der Waals surface area contributed by atoms with Gasteiger partial charge in [-0.25, -0.2) is 4.79 Å². The number of carbonyl (C=O) groups is 1. The number of aromatic amines is 1. The topological polar surface area (TPSA) is 95.4 Å². The summed E-state index contributed by atoms with van der Waals surface area (Å²) in [6.07, 6.45) is -0.461. The first-order chi connectivity index (χ1) is 12.7. The first-order valence-electron chi connectivity index (χ1n) is 8.87. The van der Waals surface area contributed by atoms with Gasteiger partial charge in [-0.1, -0.05) is 13.8 Å². The predicted molar refractivity (Wildman–Crippen MR) is 103 cm³/mol. The molecule has 144 valence electrons. The van der Waals surface area contributed by atoms with E-state index >= 15 is 0 Å². The summed E-state index contributed by atoms with van der Waals surface area (Å²) in [5, 5.41) is 9.96. The Bertz CT molecular complexity index is 964. The van der Waals surface area contributed by atoms with E-state index in [2.05, 4.69) is 4.98 Å². The normalized spacial score (nSPS) is 12.7. The molecule has 7 heteroatoms. The predicted octanol–water partition coefficient (Wildman–Crippen LogP) is 3.69. The SMILES string of the molecule is CC.COc1cc2c3c(c(=O)[nH]c2cc1C#N)CN(C(=O)OC(C)(C)C)C3. The van der Waals surface area contributed by atoms with Gasteiger partial charge in [-0.2, -0.15) is 5.26 Å². The summed E-state index contributed by atoms with van der Waals surface area (Å²) in [6, 6.07) is 5.36. The second-order valence-electron chi connectivity index (χ2n) is 6.96. The van der Waals surface area contributed by atoms with Crippen LogP contribution in [-0.4, -0.2) is 28.7 Å². The van der Waals surface area contributed by atoms with Gasteiger partial charge < -0.3 is 14.5 Å². The molecule has 1 amide bonds. The summed E-state index contributed by atoms with van der Waals surface area (Å²) in [5.74, 6) is 0.431. The van der Waals surface area contributed by atoms with E-state index < -0.39 is 11.7 Å². The monoisotopic (exact) mass is 371 g/mol. The molecule has 0 fully saturated rings. The standard InChI is InChI=1S/C18H19N3O4.C2H6/c1-18(2,3)25-17(23)21-8-12-11-6-15(24-4)10(7-19)5-14(11)20-16(22)13(12)9-21;1-2/h5-6H,8-9H2,1-4H3,(H,20,22);1-2H3. The fourth-order valence-corrected chi connectivity index (χ4v) is 2.93. The maximum atomic E-state index is 12.4. The molecule has 27 heavy (non-hydrogen) atoms. The number of nitrogens with one attached hydrogen (secondary N) is 1. The summed E-state index contributed by atoms with van der Waals surface area (Å²) in [7, 11) is 1.49. The number of nitrogens with zero attached hydrogens (tertiary/aromatic N) is 2. The minimum absolute atomic E-state index is 0.192. The van der Waals surface area contributed by atoms with Crippen molar-refractivity contribution in [2.75, 3.05) is 7.11 Å². The summed E-state index contributed by atoms with van der Waals surface area (Å²) in [5.41, 5.74) is 1.31. The molecular weight excluding hydrogens is 346 g/mol. The van der Waals surface area contributed by atoms with E-state index in [9.17, 15) is 14.9 Å². The van der Waals surface area contributed by atoms with Gasteiger partial charge in [-0.3, -0.25) is 9.69 Å². The number of hydrogen-bond donors (Lipinski definition) is 1. The molecule has 1 aliphatic heterocycles. The highest BCUT2D eigenvalue weighted by Crippen LogP contribution is 2.32. The third kappa shape index (κ3) is 4.05. The van der Waals surface area contributed by atoms with Crippen molar-refractivity contribution in [2.24, 2.45) is 0 Å². The van der Waals surface area contributed by atoms with Gasteiger partial charge in [0, 0.05) is 10.9 Å². The molecule has 0 saturated heterocycles. The minimum Gasteiger partial charge on any atom is -0.495 e. The lowest BCUT2D eigenvalue weighted by Crippen LogP contribution is -2.33. The molecule has 0 saturated carbocycles. The van der Waals surface area contributed by atoms with E-state index in [1.54, 1.807) is 32.9 Å². The Hall–Kier alpha value is -3.01. The third-order valence-electron chi connectivity index (χ3n) is 4.02. The van der Waals surface area contributed by atoms with Crippen molar-refractivity contribution in [3.8, 4) is 11.8 Å². The summed E-state index contributed by atoms with van der Waals surface area (Å²) >= 11 is 0. The number of amides is 1. The van der Waals surface area contributed by atoms with Gasteiger partial charge in [0.15, 0.2) is 0 Å². The number of benzene rings is 1. The fourth-order valence-electron chi connectivity index (χ4n) is 2.93. The lowest BCUT2D eigenvalue weighted by Gasteiger charge is -2.24. The Balaban J connectivity index is 0.00000126. The number of ether oxygens (including phenoxy) is 2. The van der Waals surface area contributed by atoms with Gasteiger partial charge in [-0.05, 0) is 38.5 Å². The maximum Gasteiger partial charge on any atom is 0.410 e. The molecule has 0 spiro atoms. The number of aromatic nitrogens is 1. The average Bonchev–Trinajstić information content (AvgIpc) is 3.07. The zero-order valence-corrected chi connectivity index (χ0v) is 16.6. The summed E-state index contributed by atoms with van der Waals surface area (Å²) in [4.78, 5) is 29.0. The van der Waals surface area contributed by atoms with Crippen molar-refractivity contribution < 1.29 is 14.3 Å². The quantitative estimate of drug-likeness (QED) is 0.825. The number of rotatable bonds is 1. The van der Waals surface area contributed by atoms with Crippen LogP contribution in [0.5, 0.6) is 5.75 Å². The molecule has 1 aliphatic rings. The Morgan fingerprint density at radius 3 is 2.41 bits per heavy atom. The van der Waals surface area contributed by atoms with Crippen LogP contribution in [0.1, 0.15) is 51.3 Å². The highest BCUT2D eigenvalue weighted by Gasteiger charge is 2.31. The number of carbonyl (C=O) groups excluding carboxylic acids is 1. The number of H-pyrrole nitrogens is 1. The van der Waals surface area contributed by atoms with Crippen LogP contribution in [-0.2, 0) is 17.8 Å². The Morgan fingerprint density at radius 1 is 1.22 bits per heavy atom. The van der Waals surface area contributed by atoms with Crippen LogP contribution >= 0.6 is 0 Å². The molecule has 0 aliphatic carbocycles. The van der Waals surface area contributed by atoms with Crippen LogP contribution in [0.25, 0.3) is 10.9 Å². The third-order valence-corrected chi connectivity index (χ3v) is 4.02. The minimum atomic E-state index is -0.606. The Morgan fingerprint density at radius 2 is 1.85 bits per heavy atom. The van der Waals surface area contributed by atoms with Crippen LogP contribution in [0.4, 0.5) is 4.79 Å². The molecule has 7 nitrogen and oxygen atoms in total. The first-order valence-corrected chi connectivity index (χ1v) is 8.87. The average molecular weight is 371 g/mol. The number of pyridine rings is 1. The lowest BCUT2D eigenvalue weighted by atomic mass is 10.0. The molecule has 3 rings (SSSR count). The smallest absolute Gasteiger partial charge is 0.410 e. The van der Waals surface area contributed by atoms with Crippen LogP contribution in [0.15, 0.2) is 16.9 Å². The molecule has 2 heterocycles. The van der Waals surface area contributed by atoms with Gasteiger partial charge in [0.2, 0.25) is 0 Å². The molecule has 0 atom stereocenters. The molecule has 1 aromatic heterocycles. The molecular formula is C20H25N3O4. The van der Waals surface area contributed by atoms with E-state index in [1.165, 1.54) is 12.0 Å². The fraction of sp³-hybridized carbons (Fsp3) is 0.450. The van der Waals surface area contributed by atoms with Crippen molar-refractivity contribution in [1.82, 2.24) is 9.88 Å². The van der Waals surface area contributed by atoms with Crippen LogP contribution < -0.4 is 10.3 Å². The van der Waals surface area contributed by atoms with Crippen LogP contribution in [0.3, 0.4) is 0 Å². The van der Waals surface area contributed by atoms with Crippen molar-refractivity contribution >= 4 is 17.0 Å². The summed E-state index contributed by atoms with van der Waals surface area (Å²) in [6.45, 7) is 9.86. The van der Waals surface area contributed by atoms with E-state index in [4.69, 9.17) is 9.47 Å². The van der Waals surface area contributed by atoms with E-state index in [-0.39, 0.29) is 18.6 Å². The van der Waals surface area contributed by atoms with Gasteiger partial charge in [0.05, 0.1) is 31.3 Å². The lowest BCUT2D eigenvalue weighted by molar-refractivity contribution is 0.0242. The molecule has 0 radical (unpaired) electrons.